The predicted octanol–water partition coefficient (Wildman–Crippen LogP) is 4.25. The molecule has 1 aromatic heterocycles. The topological polar surface area (TPSA) is 24.9 Å². The molecule has 21 heavy (non-hydrogen) atoms. The third-order valence-corrected chi connectivity index (χ3v) is 4.79. The highest BCUT2D eigenvalue weighted by Gasteiger charge is 2.22. The van der Waals surface area contributed by atoms with Crippen molar-refractivity contribution in [1.82, 2.24) is 10.3 Å². The Morgan fingerprint density at radius 2 is 2.00 bits per heavy atom. The highest BCUT2D eigenvalue weighted by molar-refractivity contribution is 7.11. The maximum Gasteiger partial charge on any atom is 0.123 e. The molecule has 0 aliphatic heterocycles. The normalized spacial score (nSPS) is 14.9. The van der Waals surface area contributed by atoms with E-state index in [1.165, 1.54) is 35.5 Å². The second kappa shape index (κ2) is 6.24. The quantitative estimate of drug-likeness (QED) is 0.863. The number of rotatable bonds is 6. The van der Waals surface area contributed by atoms with Crippen molar-refractivity contribution in [3.63, 3.8) is 0 Å². The largest absolute Gasteiger partial charge is 0.309 e. The monoisotopic (exact) mass is 304 g/mol. The number of hydrogen-bond donors (Lipinski definition) is 1. The summed E-state index contributed by atoms with van der Waals surface area (Å²) >= 11 is 1.79. The molecule has 3 rings (SSSR count). The van der Waals surface area contributed by atoms with Crippen LogP contribution in [0.1, 0.15) is 53.7 Å². The SMILES string of the molecule is CC(C)c1nc(Cc2ccc(F)cc2)sc1CNC1CC1. The lowest BCUT2D eigenvalue weighted by Crippen LogP contribution is -2.15. The molecule has 0 saturated heterocycles. The second-order valence-corrected chi connectivity index (χ2v) is 7.20. The van der Waals surface area contributed by atoms with Crippen molar-refractivity contribution in [2.75, 3.05) is 0 Å². The maximum atomic E-state index is 13.0. The third-order valence-electron chi connectivity index (χ3n) is 3.72. The lowest BCUT2D eigenvalue weighted by Gasteiger charge is -2.05. The Morgan fingerprint density at radius 3 is 2.62 bits per heavy atom. The van der Waals surface area contributed by atoms with Crippen molar-refractivity contribution in [3.05, 3.63) is 51.2 Å². The first-order valence-corrected chi connectivity index (χ1v) is 8.40. The standard InChI is InChI=1S/C17H21FN2S/c1-11(2)17-15(10-19-14-7-8-14)21-16(20-17)9-12-3-5-13(18)6-4-12/h3-6,11,14,19H,7-10H2,1-2H3. The van der Waals surface area contributed by atoms with Crippen molar-refractivity contribution in [3.8, 4) is 0 Å². The number of halogens is 1. The van der Waals surface area contributed by atoms with Gasteiger partial charge in [0.1, 0.15) is 5.82 Å². The number of benzene rings is 1. The second-order valence-electron chi connectivity index (χ2n) is 6.03. The highest BCUT2D eigenvalue weighted by atomic mass is 32.1. The number of nitrogens with zero attached hydrogens (tertiary/aromatic N) is 1. The van der Waals surface area contributed by atoms with Gasteiger partial charge in [-0.2, -0.15) is 0 Å². The molecule has 4 heteroatoms. The van der Waals surface area contributed by atoms with Crippen LogP contribution < -0.4 is 5.32 Å². The summed E-state index contributed by atoms with van der Waals surface area (Å²) in [6.45, 7) is 5.31. The van der Waals surface area contributed by atoms with Crippen molar-refractivity contribution < 1.29 is 4.39 Å². The summed E-state index contributed by atoms with van der Waals surface area (Å²) in [7, 11) is 0. The van der Waals surface area contributed by atoms with Crippen LogP contribution in [0.25, 0.3) is 0 Å². The van der Waals surface area contributed by atoms with E-state index in [1.54, 1.807) is 11.3 Å². The zero-order chi connectivity index (χ0) is 14.8. The molecule has 1 heterocycles. The lowest BCUT2D eigenvalue weighted by atomic mass is 10.1. The number of aromatic nitrogens is 1. The van der Waals surface area contributed by atoms with E-state index in [2.05, 4.69) is 19.2 Å². The zero-order valence-electron chi connectivity index (χ0n) is 12.5. The van der Waals surface area contributed by atoms with E-state index in [4.69, 9.17) is 4.98 Å². The minimum absolute atomic E-state index is 0.185. The molecule has 2 nitrogen and oxygen atoms in total. The Balaban J connectivity index is 1.74. The number of hydrogen-bond acceptors (Lipinski definition) is 3. The molecule has 0 unspecified atom stereocenters. The van der Waals surface area contributed by atoms with Gasteiger partial charge in [0, 0.05) is 23.9 Å². The summed E-state index contributed by atoms with van der Waals surface area (Å²) in [5.41, 5.74) is 2.33. The zero-order valence-corrected chi connectivity index (χ0v) is 13.3. The van der Waals surface area contributed by atoms with E-state index in [9.17, 15) is 4.39 Å². The van der Waals surface area contributed by atoms with Gasteiger partial charge in [-0.05, 0) is 36.5 Å². The molecule has 0 bridgehead atoms. The van der Waals surface area contributed by atoms with Crippen molar-refractivity contribution >= 4 is 11.3 Å². The predicted molar refractivity (Wildman–Crippen MR) is 85.3 cm³/mol. The maximum absolute atomic E-state index is 13.0. The number of thiazole rings is 1. The van der Waals surface area contributed by atoms with Gasteiger partial charge >= 0.3 is 0 Å². The molecule has 1 aliphatic carbocycles. The van der Waals surface area contributed by atoms with Crippen molar-refractivity contribution in [2.45, 2.75) is 51.6 Å². The van der Waals surface area contributed by atoms with E-state index in [0.717, 1.165) is 23.5 Å². The van der Waals surface area contributed by atoms with Crippen LogP contribution in [0.5, 0.6) is 0 Å². The number of nitrogens with one attached hydrogen (secondary N) is 1. The lowest BCUT2D eigenvalue weighted by molar-refractivity contribution is 0.627. The van der Waals surface area contributed by atoms with Gasteiger partial charge in [-0.1, -0.05) is 26.0 Å². The van der Waals surface area contributed by atoms with Crippen LogP contribution in [-0.4, -0.2) is 11.0 Å². The Bertz CT molecular complexity index is 600. The molecule has 1 saturated carbocycles. The van der Waals surface area contributed by atoms with E-state index >= 15 is 0 Å². The van der Waals surface area contributed by atoms with Crippen LogP contribution in [0, 0.1) is 5.82 Å². The minimum Gasteiger partial charge on any atom is -0.309 e. The molecule has 1 fully saturated rings. The molecule has 2 aromatic rings. The molecule has 0 atom stereocenters. The van der Waals surface area contributed by atoms with E-state index in [1.807, 2.05) is 12.1 Å². The Labute approximate surface area is 129 Å². The molecule has 1 aromatic carbocycles. The minimum atomic E-state index is -0.185. The van der Waals surface area contributed by atoms with E-state index < -0.39 is 0 Å². The van der Waals surface area contributed by atoms with Crippen molar-refractivity contribution in [2.24, 2.45) is 0 Å². The van der Waals surface area contributed by atoms with Crippen LogP contribution >= 0.6 is 11.3 Å². The summed E-state index contributed by atoms with van der Waals surface area (Å²) in [6.07, 6.45) is 3.39. The average molecular weight is 304 g/mol. The van der Waals surface area contributed by atoms with Gasteiger partial charge in [0.05, 0.1) is 10.7 Å². The van der Waals surface area contributed by atoms with Crippen LogP contribution in [0.15, 0.2) is 24.3 Å². The first kappa shape index (κ1) is 14.7. The van der Waals surface area contributed by atoms with E-state index in [-0.39, 0.29) is 5.82 Å². The Kier molecular flexibility index (Phi) is 4.36. The molecular weight excluding hydrogens is 283 g/mol. The molecule has 1 aliphatic rings. The smallest absolute Gasteiger partial charge is 0.123 e. The first-order valence-electron chi connectivity index (χ1n) is 7.58. The van der Waals surface area contributed by atoms with Crippen LogP contribution in [0.2, 0.25) is 0 Å². The summed E-state index contributed by atoms with van der Waals surface area (Å²) in [5.74, 6) is 0.259. The summed E-state index contributed by atoms with van der Waals surface area (Å²) in [4.78, 5) is 6.17. The van der Waals surface area contributed by atoms with Crippen LogP contribution in [0.3, 0.4) is 0 Å². The van der Waals surface area contributed by atoms with Crippen LogP contribution in [0.4, 0.5) is 4.39 Å². The highest BCUT2D eigenvalue weighted by Crippen LogP contribution is 2.28. The molecular formula is C17H21FN2S. The Morgan fingerprint density at radius 1 is 1.29 bits per heavy atom. The first-order chi connectivity index (χ1) is 10.1. The molecule has 0 radical (unpaired) electrons. The fourth-order valence-corrected chi connectivity index (χ4v) is 3.58. The van der Waals surface area contributed by atoms with Gasteiger partial charge in [0.25, 0.3) is 0 Å². The van der Waals surface area contributed by atoms with Crippen molar-refractivity contribution in [1.29, 1.82) is 0 Å². The molecule has 1 N–H and O–H groups in total. The van der Waals surface area contributed by atoms with Gasteiger partial charge in [-0.25, -0.2) is 9.37 Å². The molecule has 0 spiro atoms. The van der Waals surface area contributed by atoms with Crippen LogP contribution in [-0.2, 0) is 13.0 Å². The summed E-state index contributed by atoms with van der Waals surface area (Å²) in [5, 5.41) is 4.70. The molecule has 0 amide bonds. The fraction of sp³-hybridized carbons (Fsp3) is 0.471. The van der Waals surface area contributed by atoms with Gasteiger partial charge in [0.2, 0.25) is 0 Å². The average Bonchev–Trinajstić information content (AvgIpc) is 3.19. The van der Waals surface area contributed by atoms with E-state index in [0.29, 0.717) is 12.0 Å². The fourth-order valence-electron chi connectivity index (χ4n) is 2.37. The summed E-state index contributed by atoms with van der Waals surface area (Å²) < 4.78 is 13.0. The Hall–Kier alpha value is -1.26. The van der Waals surface area contributed by atoms with Gasteiger partial charge in [0.15, 0.2) is 0 Å². The third kappa shape index (κ3) is 3.89. The molecule has 112 valence electrons. The summed E-state index contributed by atoms with van der Waals surface area (Å²) in [6, 6.07) is 7.43. The van der Waals surface area contributed by atoms with Gasteiger partial charge in [-0.3, -0.25) is 0 Å². The van der Waals surface area contributed by atoms with Gasteiger partial charge in [-0.15, -0.1) is 11.3 Å². The van der Waals surface area contributed by atoms with Gasteiger partial charge < -0.3 is 5.32 Å².